The van der Waals surface area contributed by atoms with Crippen molar-refractivity contribution in [2.75, 3.05) is 4.90 Å². The minimum atomic E-state index is -0.161. The summed E-state index contributed by atoms with van der Waals surface area (Å²) in [5.74, 6) is 0. The van der Waals surface area contributed by atoms with Gasteiger partial charge in [-0.1, -0.05) is 158 Å². The smallest absolute Gasteiger partial charge is 0.252 e. The quantitative estimate of drug-likeness (QED) is 0.150. The zero-order valence-electron chi connectivity index (χ0n) is 41.0. The fraction of sp³-hybridized carbons (Fsp3) is 0.311. The van der Waals surface area contributed by atoms with Gasteiger partial charge < -0.3 is 14.0 Å². The van der Waals surface area contributed by atoms with Gasteiger partial charge >= 0.3 is 0 Å². The molecule has 4 heteroatoms. The van der Waals surface area contributed by atoms with E-state index in [0.29, 0.717) is 0 Å². The van der Waals surface area contributed by atoms with Crippen molar-refractivity contribution in [2.45, 2.75) is 124 Å². The molecule has 0 spiro atoms. The first-order chi connectivity index (χ1) is 30.5. The second-order valence-corrected chi connectivity index (χ2v) is 24.4. The number of anilines is 3. The fourth-order valence-electron chi connectivity index (χ4n) is 11.9. The highest BCUT2D eigenvalue weighted by Gasteiger charge is 2.44. The number of nitrogens with zero attached hydrogens (tertiary/aromatic N) is 3. The lowest BCUT2D eigenvalue weighted by atomic mass is 9.34. The zero-order valence-corrected chi connectivity index (χ0v) is 41.0. The number of hydrogen-bond donors (Lipinski definition) is 0. The van der Waals surface area contributed by atoms with Gasteiger partial charge in [-0.3, -0.25) is 0 Å². The molecule has 7 aromatic carbocycles. The third-order valence-corrected chi connectivity index (χ3v) is 15.7. The number of benzene rings is 7. The summed E-state index contributed by atoms with van der Waals surface area (Å²) in [7, 11) is 0. The Morgan fingerprint density at radius 3 is 1.18 bits per heavy atom. The Hall–Kier alpha value is -6.00. The molecule has 0 saturated heterocycles. The minimum Gasteiger partial charge on any atom is -0.310 e. The van der Waals surface area contributed by atoms with Crippen LogP contribution in [0, 0.1) is 0 Å². The van der Waals surface area contributed by atoms with Gasteiger partial charge in [0.2, 0.25) is 0 Å². The minimum absolute atomic E-state index is 0.0101. The Kier molecular flexibility index (Phi) is 7.89. The largest absolute Gasteiger partial charge is 0.310 e. The fourth-order valence-corrected chi connectivity index (χ4v) is 11.9. The first kappa shape index (κ1) is 40.5. The van der Waals surface area contributed by atoms with E-state index in [-0.39, 0.29) is 33.8 Å². The van der Waals surface area contributed by atoms with Crippen molar-refractivity contribution in [3.8, 4) is 11.4 Å². The lowest BCUT2D eigenvalue weighted by molar-refractivity contribution is 0.590. The van der Waals surface area contributed by atoms with Crippen LogP contribution in [0.4, 0.5) is 17.1 Å². The summed E-state index contributed by atoms with van der Waals surface area (Å²) in [5, 5.41) is 5.37. The molecule has 0 bridgehead atoms. The summed E-state index contributed by atoms with van der Waals surface area (Å²) in [5.41, 5.74) is 23.6. The molecule has 0 fully saturated rings. The molecule has 12 rings (SSSR count). The molecule has 324 valence electrons. The van der Waals surface area contributed by atoms with Crippen LogP contribution in [0.25, 0.3) is 55.0 Å². The van der Waals surface area contributed by atoms with E-state index < -0.39 is 0 Å². The predicted octanol–water partition coefficient (Wildman–Crippen LogP) is 14.3. The molecule has 0 atom stereocenters. The molecule has 0 N–H and O–H groups in total. The van der Waals surface area contributed by atoms with Crippen LogP contribution in [0.5, 0.6) is 0 Å². The van der Waals surface area contributed by atoms with E-state index in [1.165, 1.54) is 122 Å². The van der Waals surface area contributed by atoms with E-state index in [0.717, 1.165) is 0 Å². The lowest BCUT2D eigenvalue weighted by Gasteiger charge is -2.43. The monoisotopic (exact) mass is 848 g/mol. The van der Waals surface area contributed by atoms with Gasteiger partial charge in [0.25, 0.3) is 6.71 Å². The third kappa shape index (κ3) is 5.49. The highest BCUT2D eigenvalue weighted by molar-refractivity contribution is 7.00. The van der Waals surface area contributed by atoms with Gasteiger partial charge in [-0.15, -0.1) is 0 Å². The van der Waals surface area contributed by atoms with Crippen molar-refractivity contribution in [3.63, 3.8) is 0 Å². The standard InChI is InChI=1S/C61H62BN3/c1-57(2,3)35-23-25-48-40(27-35)42-29-37(59(7,8)9)31-46-55(42)64(48)52-33-39(63-50-21-17-15-19-44(50)61(13,14)45-20-16-18-22-51(45)63)34-53-54(52)62(46)47-32-38(60(10,11)12)30-43-41-28-36(58(4,5)6)24-26-49(41)65(53)56(43)47/h15-34H,1-14H3. The van der Waals surface area contributed by atoms with Crippen LogP contribution < -0.4 is 21.3 Å². The summed E-state index contributed by atoms with van der Waals surface area (Å²) < 4.78 is 5.34. The Morgan fingerprint density at radius 1 is 0.400 bits per heavy atom. The molecule has 0 unspecified atom stereocenters. The number of rotatable bonds is 1. The highest BCUT2D eigenvalue weighted by atomic mass is 15.2. The normalized spacial score (nSPS) is 15.3. The van der Waals surface area contributed by atoms with Crippen LogP contribution >= 0.6 is 0 Å². The second-order valence-electron chi connectivity index (χ2n) is 24.4. The van der Waals surface area contributed by atoms with Crippen molar-refractivity contribution >= 4 is 83.8 Å². The molecule has 0 aliphatic carbocycles. The van der Waals surface area contributed by atoms with Gasteiger partial charge in [0.05, 0.1) is 28.1 Å². The topological polar surface area (TPSA) is 13.1 Å². The first-order valence-corrected chi connectivity index (χ1v) is 24.0. The van der Waals surface area contributed by atoms with Gasteiger partial charge in [-0.05, 0) is 132 Å². The maximum Gasteiger partial charge on any atom is 0.252 e. The number of hydrogen-bond acceptors (Lipinski definition) is 1. The van der Waals surface area contributed by atoms with Crippen molar-refractivity contribution in [1.29, 1.82) is 0 Å². The molecule has 65 heavy (non-hydrogen) atoms. The van der Waals surface area contributed by atoms with Crippen LogP contribution in [0.3, 0.4) is 0 Å². The summed E-state index contributed by atoms with van der Waals surface area (Å²) in [4.78, 5) is 2.57. The Bertz CT molecular complexity index is 3330. The van der Waals surface area contributed by atoms with E-state index in [1.807, 2.05) is 0 Å². The van der Waals surface area contributed by atoms with Gasteiger partial charge in [0.1, 0.15) is 0 Å². The van der Waals surface area contributed by atoms with Gasteiger partial charge in [0, 0.05) is 49.4 Å². The molecule has 9 aromatic rings. The predicted molar refractivity (Wildman–Crippen MR) is 281 cm³/mol. The number of fused-ring (bicyclic) bond motifs is 12. The maximum atomic E-state index is 2.67. The van der Waals surface area contributed by atoms with Crippen LogP contribution in [0.15, 0.2) is 121 Å². The van der Waals surface area contributed by atoms with Crippen molar-refractivity contribution in [3.05, 3.63) is 155 Å². The van der Waals surface area contributed by atoms with Crippen molar-refractivity contribution < 1.29 is 0 Å². The molecular weight excluding hydrogens is 786 g/mol. The zero-order chi connectivity index (χ0) is 45.7. The van der Waals surface area contributed by atoms with E-state index in [4.69, 9.17) is 0 Å². The summed E-state index contributed by atoms with van der Waals surface area (Å²) >= 11 is 0. The summed E-state index contributed by atoms with van der Waals surface area (Å²) in [6, 6.07) is 48.2. The van der Waals surface area contributed by atoms with E-state index in [9.17, 15) is 0 Å². The third-order valence-electron chi connectivity index (χ3n) is 15.7. The molecule has 0 amide bonds. The average Bonchev–Trinajstić information content (AvgIpc) is 3.75. The van der Waals surface area contributed by atoms with Gasteiger partial charge in [-0.2, -0.15) is 0 Å². The molecule has 5 heterocycles. The maximum absolute atomic E-state index is 2.67. The molecular formula is C61H62BN3. The SMILES string of the molecule is CC(C)(C)c1ccc2c(c1)c1cc(C(C)(C)C)cc3c1n2-c1cc(N2c4ccccc4C(C)(C)c4ccccc42)cc2c1B3c1cc(C(C)(C)C)cc3c4cc(C(C)(C)C)ccc4n-2c13. The molecule has 3 aliphatic heterocycles. The number of para-hydroxylation sites is 2. The molecule has 3 aliphatic rings. The summed E-state index contributed by atoms with van der Waals surface area (Å²) in [6.45, 7) is 33.2. The highest BCUT2D eigenvalue weighted by Crippen LogP contribution is 2.53. The van der Waals surface area contributed by atoms with Crippen molar-refractivity contribution in [2.24, 2.45) is 0 Å². The Balaban J connectivity index is 1.31. The van der Waals surface area contributed by atoms with Crippen LogP contribution in [-0.2, 0) is 27.1 Å². The van der Waals surface area contributed by atoms with E-state index in [1.54, 1.807) is 0 Å². The molecule has 3 nitrogen and oxygen atoms in total. The van der Waals surface area contributed by atoms with Crippen LogP contribution in [0.2, 0.25) is 0 Å². The van der Waals surface area contributed by atoms with Crippen LogP contribution in [0.1, 0.15) is 130 Å². The molecule has 2 aromatic heterocycles. The van der Waals surface area contributed by atoms with Gasteiger partial charge in [-0.25, -0.2) is 0 Å². The lowest BCUT2D eigenvalue weighted by Crippen LogP contribution is -2.59. The molecule has 0 radical (unpaired) electrons. The van der Waals surface area contributed by atoms with Gasteiger partial charge in [0.15, 0.2) is 0 Å². The second kappa shape index (κ2) is 12.7. The number of aromatic nitrogens is 2. The Morgan fingerprint density at radius 2 is 0.785 bits per heavy atom. The first-order valence-electron chi connectivity index (χ1n) is 24.0. The van der Waals surface area contributed by atoms with Crippen molar-refractivity contribution in [1.82, 2.24) is 9.13 Å². The van der Waals surface area contributed by atoms with E-state index in [2.05, 4.69) is 232 Å². The Labute approximate surface area is 386 Å². The van der Waals surface area contributed by atoms with E-state index >= 15 is 0 Å². The van der Waals surface area contributed by atoms with Crippen LogP contribution in [-0.4, -0.2) is 15.8 Å². The average molecular weight is 848 g/mol. The molecule has 0 saturated carbocycles. The summed E-state index contributed by atoms with van der Waals surface area (Å²) in [6.07, 6.45) is 0.